The molecule has 0 fully saturated rings. The van der Waals surface area contributed by atoms with Gasteiger partial charge in [0.25, 0.3) is 5.56 Å². The number of nitrogens with one attached hydrogen (secondary N) is 1. The maximum Gasteiger partial charge on any atom is 0.276 e. The lowest BCUT2D eigenvalue weighted by Crippen LogP contribution is -2.44. The fourth-order valence-corrected chi connectivity index (χ4v) is 3.09. The lowest BCUT2D eigenvalue weighted by atomic mass is 10.0. The van der Waals surface area contributed by atoms with Crippen molar-refractivity contribution in [2.45, 2.75) is 73.3 Å². The highest BCUT2D eigenvalue weighted by Crippen LogP contribution is 2.26. The number of benzene rings is 1. The minimum absolute atomic E-state index is 0.0780. The number of ether oxygens (including phenoxy) is 2. The molecule has 1 aromatic heterocycles. The number of rotatable bonds is 12. The molecule has 34 heavy (non-hydrogen) atoms. The SMILES string of the molecule is CCC(=O)N[C@H](Cn1nc(COc2ccccc2OC)cc(/C(C)=N/OC(C)C)c1=O)C(C)C. The average molecular weight is 473 g/mol. The van der Waals surface area contributed by atoms with Crippen LogP contribution in [0.25, 0.3) is 0 Å². The standard InChI is InChI=1S/C25H36N4O5/c1-8-24(30)26-21(16(2)3)14-29-25(31)20(18(6)28-34-17(4)5)13-19(27-29)15-33-23-12-10-9-11-22(23)32-7/h9-13,16-17,21H,8,14-15H2,1-7H3,(H,26,30)/b28-18+/t21-/m1/s1. The highest BCUT2D eigenvalue weighted by atomic mass is 16.6. The van der Waals surface area contributed by atoms with Gasteiger partial charge in [-0.05, 0) is 44.9 Å². The lowest BCUT2D eigenvalue weighted by Gasteiger charge is -2.23. The van der Waals surface area contributed by atoms with Crippen molar-refractivity contribution < 1.29 is 19.1 Å². The Balaban J connectivity index is 2.44. The van der Waals surface area contributed by atoms with Crippen LogP contribution in [0.5, 0.6) is 11.5 Å². The van der Waals surface area contributed by atoms with Crippen LogP contribution in [0, 0.1) is 5.92 Å². The third-order valence-corrected chi connectivity index (χ3v) is 5.10. The maximum absolute atomic E-state index is 13.3. The molecule has 1 aromatic carbocycles. The summed E-state index contributed by atoms with van der Waals surface area (Å²) in [5, 5.41) is 11.6. The molecule has 0 unspecified atom stereocenters. The third kappa shape index (κ3) is 7.60. The first-order valence-electron chi connectivity index (χ1n) is 11.5. The Labute approximate surface area is 201 Å². The highest BCUT2D eigenvalue weighted by Gasteiger charge is 2.20. The minimum atomic E-state index is -0.314. The summed E-state index contributed by atoms with van der Waals surface area (Å²) in [6.07, 6.45) is 0.240. The zero-order valence-electron chi connectivity index (χ0n) is 21.1. The topological polar surface area (TPSA) is 104 Å². The van der Waals surface area contributed by atoms with Crippen molar-refractivity contribution in [3.05, 3.63) is 51.9 Å². The molecular formula is C25H36N4O5. The molecule has 1 N–H and O–H groups in total. The predicted molar refractivity (Wildman–Crippen MR) is 131 cm³/mol. The Morgan fingerprint density at radius 3 is 2.44 bits per heavy atom. The summed E-state index contributed by atoms with van der Waals surface area (Å²) >= 11 is 0. The third-order valence-electron chi connectivity index (χ3n) is 5.10. The van der Waals surface area contributed by atoms with Gasteiger partial charge in [0.15, 0.2) is 11.5 Å². The highest BCUT2D eigenvalue weighted by molar-refractivity contribution is 5.98. The van der Waals surface area contributed by atoms with E-state index in [4.69, 9.17) is 14.3 Å². The zero-order chi connectivity index (χ0) is 25.3. The molecule has 0 spiro atoms. The van der Waals surface area contributed by atoms with E-state index < -0.39 is 0 Å². The van der Waals surface area contributed by atoms with E-state index >= 15 is 0 Å². The number of nitrogens with zero attached hydrogens (tertiary/aromatic N) is 3. The molecule has 9 heteroatoms. The Kier molecular flexibility index (Phi) is 10.1. The zero-order valence-corrected chi connectivity index (χ0v) is 21.1. The van der Waals surface area contributed by atoms with Crippen LogP contribution in [0.4, 0.5) is 0 Å². The molecule has 0 radical (unpaired) electrons. The van der Waals surface area contributed by atoms with Gasteiger partial charge < -0.3 is 19.6 Å². The van der Waals surface area contributed by atoms with E-state index in [0.717, 1.165) is 0 Å². The van der Waals surface area contributed by atoms with Gasteiger partial charge >= 0.3 is 0 Å². The number of oxime groups is 1. The summed E-state index contributed by atoms with van der Waals surface area (Å²) in [5.74, 6) is 1.18. The molecule has 2 aromatic rings. The summed E-state index contributed by atoms with van der Waals surface area (Å²) in [5.41, 5.74) is 1.01. The van der Waals surface area contributed by atoms with E-state index in [9.17, 15) is 9.59 Å². The second-order valence-electron chi connectivity index (χ2n) is 8.58. The molecule has 1 atom stereocenters. The van der Waals surface area contributed by atoms with Gasteiger partial charge in [-0.2, -0.15) is 5.10 Å². The van der Waals surface area contributed by atoms with Crippen LogP contribution in [-0.2, 0) is 22.8 Å². The number of carbonyl (C=O) groups is 1. The fourth-order valence-electron chi connectivity index (χ4n) is 3.09. The van der Waals surface area contributed by atoms with E-state index in [1.165, 1.54) is 4.68 Å². The molecule has 186 valence electrons. The van der Waals surface area contributed by atoms with Gasteiger partial charge in [0.05, 0.1) is 36.7 Å². The second kappa shape index (κ2) is 12.8. The molecule has 0 saturated carbocycles. The molecule has 0 aliphatic heterocycles. The normalized spacial score (nSPS) is 12.6. The Bertz CT molecular complexity index is 1050. The average Bonchev–Trinajstić information content (AvgIpc) is 2.82. The van der Waals surface area contributed by atoms with E-state index in [1.54, 1.807) is 39.2 Å². The van der Waals surface area contributed by atoms with Crippen LogP contribution in [0.2, 0.25) is 0 Å². The lowest BCUT2D eigenvalue weighted by molar-refractivity contribution is -0.121. The van der Waals surface area contributed by atoms with Crippen molar-refractivity contribution in [2.75, 3.05) is 7.11 Å². The smallest absolute Gasteiger partial charge is 0.276 e. The van der Waals surface area contributed by atoms with Gasteiger partial charge in [-0.3, -0.25) is 9.59 Å². The first-order chi connectivity index (χ1) is 16.2. The Hall–Kier alpha value is -3.36. The van der Waals surface area contributed by atoms with Gasteiger partial charge in [-0.1, -0.05) is 38.1 Å². The number of carbonyl (C=O) groups excluding carboxylic acids is 1. The Morgan fingerprint density at radius 1 is 1.18 bits per heavy atom. The Morgan fingerprint density at radius 2 is 1.85 bits per heavy atom. The first-order valence-corrected chi connectivity index (χ1v) is 11.5. The van der Waals surface area contributed by atoms with Gasteiger partial charge in [0, 0.05) is 6.42 Å². The molecular weight excluding hydrogens is 436 g/mol. The second-order valence-corrected chi connectivity index (χ2v) is 8.58. The predicted octanol–water partition coefficient (Wildman–Crippen LogP) is 3.53. The summed E-state index contributed by atoms with van der Waals surface area (Å²) in [4.78, 5) is 30.7. The number of amides is 1. The van der Waals surface area contributed by atoms with Crippen molar-refractivity contribution in [2.24, 2.45) is 11.1 Å². The molecule has 9 nitrogen and oxygen atoms in total. The maximum atomic E-state index is 13.3. The fraction of sp³-hybridized carbons (Fsp3) is 0.520. The van der Waals surface area contributed by atoms with E-state index in [-0.39, 0.29) is 42.7 Å². The van der Waals surface area contributed by atoms with Crippen LogP contribution in [0.1, 0.15) is 59.2 Å². The molecule has 2 rings (SSSR count). The van der Waals surface area contributed by atoms with Gasteiger partial charge in [-0.25, -0.2) is 4.68 Å². The van der Waals surface area contributed by atoms with Gasteiger partial charge in [-0.15, -0.1) is 0 Å². The monoisotopic (exact) mass is 472 g/mol. The van der Waals surface area contributed by atoms with Crippen molar-refractivity contribution in [1.29, 1.82) is 0 Å². The molecule has 1 heterocycles. The van der Waals surface area contributed by atoms with Crippen LogP contribution < -0.4 is 20.3 Å². The number of hydrogen-bond acceptors (Lipinski definition) is 7. The summed E-state index contributed by atoms with van der Waals surface area (Å²) < 4.78 is 12.6. The summed E-state index contributed by atoms with van der Waals surface area (Å²) in [6, 6.07) is 8.70. The minimum Gasteiger partial charge on any atom is -0.493 e. The molecule has 0 saturated heterocycles. The van der Waals surface area contributed by atoms with Crippen molar-refractivity contribution in [1.82, 2.24) is 15.1 Å². The number of aromatic nitrogens is 2. The number of para-hydroxylation sites is 2. The molecule has 1 amide bonds. The quantitative estimate of drug-likeness (QED) is 0.374. The first kappa shape index (κ1) is 26.9. The number of hydrogen-bond donors (Lipinski definition) is 1. The molecule has 0 aliphatic carbocycles. The largest absolute Gasteiger partial charge is 0.493 e. The van der Waals surface area contributed by atoms with Crippen molar-refractivity contribution in [3.8, 4) is 11.5 Å². The number of methoxy groups -OCH3 is 1. The van der Waals surface area contributed by atoms with Crippen molar-refractivity contribution in [3.63, 3.8) is 0 Å². The van der Waals surface area contributed by atoms with Gasteiger partial charge in [0.1, 0.15) is 12.7 Å². The van der Waals surface area contributed by atoms with Crippen LogP contribution in [-0.4, -0.2) is 40.7 Å². The van der Waals surface area contributed by atoms with Gasteiger partial charge in [0.2, 0.25) is 5.91 Å². The van der Waals surface area contributed by atoms with Crippen LogP contribution >= 0.6 is 0 Å². The molecule has 0 bridgehead atoms. The van der Waals surface area contributed by atoms with Crippen LogP contribution in [0.15, 0.2) is 40.3 Å². The van der Waals surface area contributed by atoms with E-state index in [2.05, 4.69) is 15.6 Å². The van der Waals surface area contributed by atoms with E-state index in [0.29, 0.717) is 34.9 Å². The van der Waals surface area contributed by atoms with E-state index in [1.807, 2.05) is 39.8 Å². The summed E-state index contributed by atoms with van der Waals surface area (Å²) in [7, 11) is 1.57. The van der Waals surface area contributed by atoms with Crippen molar-refractivity contribution >= 4 is 11.6 Å². The van der Waals surface area contributed by atoms with Crippen LogP contribution in [0.3, 0.4) is 0 Å². The summed E-state index contributed by atoms with van der Waals surface area (Å²) in [6.45, 7) is 11.5. The molecule has 0 aliphatic rings.